The molecule has 2 atom stereocenters. The van der Waals surface area contributed by atoms with E-state index in [1.807, 2.05) is 74.5 Å². The maximum absolute atomic E-state index is 13.6. The minimum atomic E-state index is -0.693. The van der Waals surface area contributed by atoms with Crippen LogP contribution in [0.4, 0.5) is 0 Å². The molecule has 0 aromatic heterocycles. The van der Waals surface area contributed by atoms with Gasteiger partial charge in [-0.25, -0.2) is 0 Å². The Kier molecular flexibility index (Phi) is 10.5. The first kappa shape index (κ1) is 27.1. The highest BCUT2D eigenvalue weighted by Crippen LogP contribution is 2.25. The van der Waals surface area contributed by atoms with Crippen molar-refractivity contribution in [2.75, 3.05) is 5.75 Å². The molecule has 4 nitrogen and oxygen atoms in total. The second-order valence-corrected chi connectivity index (χ2v) is 10.3. The fraction of sp³-hybridized carbons (Fsp3) is 0.286. The molecule has 3 aromatic rings. The monoisotopic (exact) mass is 528 g/mol. The van der Waals surface area contributed by atoms with Crippen LogP contribution in [0.25, 0.3) is 0 Å². The van der Waals surface area contributed by atoms with Gasteiger partial charge in [-0.2, -0.15) is 0 Å². The van der Waals surface area contributed by atoms with E-state index in [0.717, 1.165) is 22.4 Å². The second-order valence-electron chi connectivity index (χ2n) is 8.38. The molecule has 0 aliphatic heterocycles. The number of carbonyl (C=O) groups excluding carboxylic acids is 2. The van der Waals surface area contributed by atoms with Crippen molar-refractivity contribution in [3.8, 4) is 0 Å². The molecule has 0 saturated carbocycles. The molecule has 0 aliphatic rings. The number of carbonyl (C=O) groups is 2. The largest absolute Gasteiger partial charge is 0.352 e. The van der Waals surface area contributed by atoms with Crippen LogP contribution in [0.1, 0.15) is 31.4 Å². The minimum Gasteiger partial charge on any atom is -0.352 e. The third kappa shape index (κ3) is 8.31. The Balaban J connectivity index is 1.94. The molecule has 0 aliphatic carbocycles. The number of benzene rings is 3. The van der Waals surface area contributed by atoms with E-state index < -0.39 is 6.04 Å². The highest BCUT2D eigenvalue weighted by atomic mass is 35.5. The van der Waals surface area contributed by atoms with Gasteiger partial charge in [-0.05, 0) is 48.7 Å². The Labute approximate surface area is 222 Å². The van der Waals surface area contributed by atoms with Gasteiger partial charge in [0.05, 0.1) is 5.75 Å². The van der Waals surface area contributed by atoms with Crippen LogP contribution in [0.2, 0.25) is 10.0 Å². The maximum atomic E-state index is 13.6. The molecule has 184 valence electrons. The van der Waals surface area contributed by atoms with Crippen molar-refractivity contribution in [2.45, 2.75) is 50.2 Å². The molecule has 2 amide bonds. The van der Waals surface area contributed by atoms with Gasteiger partial charge < -0.3 is 10.2 Å². The minimum absolute atomic E-state index is 0.00413. The first-order valence-corrected chi connectivity index (χ1v) is 13.4. The average Bonchev–Trinajstić information content (AvgIpc) is 2.87. The van der Waals surface area contributed by atoms with Crippen molar-refractivity contribution in [2.24, 2.45) is 0 Å². The van der Waals surface area contributed by atoms with Gasteiger partial charge in [0.2, 0.25) is 11.8 Å². The average molecular weight is 530 g/mol. The van der Waals surface area contributed by atoms with Crippen molar-refractivity contribution in [3.63, 3.8) is 0 Å². The predicted molar refractivity (Wildman–Crippen MR) is 146 cm³/mol. The van der Waals surface area contributed by atoms with Gasteiger partial charge in [-0.1, -0.05) is 84.7 Å². The summed E-state index contributed by atoms with van der Waals surface area (Å²) < 4.78 is 0. The summed E-state index contributed by atoms with van der Waals surface area (Å²) in [5.74, 6) is -0.103. The van der Waals surface area contributed by atoms with Crippen LogP contribution in [0.5, 0.6) is 0 Å². The first-order chi connectivity index (χ1) is 16.9. The van der Waals surface area contributed by atoms with Gasteiger partial charge in [-0.15, -0.1) is 11.8 Å². The molecule has 1 N–H and O–H groups in total. The van der Waals surface area contributed by atoms with Crippen molar-refractivity contribution in [1.82, 2.24) is 10.2 Å². The fourth-order valence-electron chi connectivity index (χ4n) is 3.57. The summed E-state index contributed by atoms with van der Waals surface area (Å²) in [6.07, 6.45) is 1.20. The van der Waals surface area contributed by atoms with E-state index in [1.165, 1.54) is 11.8 Å². The number of nitrogens with zero attached hydrogens (tertiary/aromatic N) is 1. The van der Waals surface area contributed by atoms with E-state index in [9.17, 15) is 9.59 Å². The Hall–Kier alpha value is -2.47. The molecule has 7 heteroatoms. The molecule has 0 heterocycles. The molecule has 0 fully saturated rings. The third-order valence-corrected chi connectivity index (χ3v) is 7.32. The summed E-state index contributed by atoms with van der Waals surface area (Å²) in [7, 11) is 0. The Morgan fingerprint density at radius 1 is 0.971 bits per heavy atom. The van der Waals surface area contributed by atoms with E-state index in [2.05, 4.69) is 5.32 Å². The number of amides is 2. The number of rotatable bonds is 11. The van der Waals surface area contributed by atoms with Crippen LogP contribution in [0.15, 0.2) is 83.8 Å². The fourth-order valence-corrected chi connectivity index (χ4v) is 4.85. The van der Waals surface area contributed by atoms with E-state index >= 15 is 0 Å². The highest BCUT2D eigenvalue weighted by molar-refractivity contribution is 8.00. The molecule has 2 unspecified atom stereocenters. The third-order valence-electron chi connectivity index (χ3n) is 5.73. The predicted octanol–water partition coefficient (Wildman–Crippen LogP) is 6.64. The molecule has 3 rings (SSSR count). The van der Waals surface area contributed by atoms with Crippen molar-refractivity contribution >= 4 is 46.8 Å². The van der Waals surface area contributed by atoms with Gasteiger partial charge in [0.1, 0.15) is 6.04 Å². The molecule has 0 saturated heterocycles. The van der Waals surface area contributed by atoms with Crippen LogP contribution in [-0.4, -0.2) is 34.6 Å². The Bertz CT molecular complexity index is 1110. The normalized spacial score (nSPS) is 12.6. The lowest BCUT2D eigenvalue weighted by Gasteiger charge is -2.32. The summed E-state index contributed by atoms with van der Waals surface area (Å²) >= 11 is 14.0. The maximum Gasteiger partial charge on any atom is 0.243 e. The zero-order valence-electron chi connectivity index (χ0n) is 19.9. The molecule has 0 radical (unpaired) electrons. The van der Waals surface area contributed by atoms with Gasteiger partial charge in [0.25, 0.3) is 0 Å². The zero-order chi connectivity index (χ0) is 25.2. The van der Waals surface area contributed by atoms with Crippen molar-refractivity contribution in [3.05, 3.63) is 100 Å². The lowest BCUT2D eigenvalue weighted by Crippen LogP contribution is -2.52. The lowest BCUT2D eigenvalue weighted by atomic mass is 10.0. The number of hydrogen-bond acceptors (Lipinski definition) is 3. The smallest absolute Gasteiger partial charge is 0.243 e. The zero-order valence-corrected chi connectivity index (χ0v) is 22.2. The van der Waals surface area contributed by atoms with Crippen LogP contribution in [0.3, 0.4) is 0 Å². The van der Waals surface area contributed by atoms with Crippen LogP contribution in [-0.2, 0) is 22.6 Å². The van der Waals surface area contributed by atoms with Gasteiger partial charge >= 0.3 is 0 Å². The topological polar surface area (TPSA) is 49.4 Å². The molecular formula is C28H30Cl2N2O2S. The molecule has 0 spiro atoms. The van der Waals surface area contributed by atoms with Crippen molar-refractivity contribution in [1.29, 1.82) is 0 Å². The van der Waals surface area contributed by atoms with Crippen LogP contribution >= 0.6 is 35.0 Å². The SMILES string of the molecule is CCC(C)NC(=O)C(Cc1ccccc1)N(Cc1ccc(Cl)cc1Cl)C(=O)CSc1ccccc1. The molecule has 0 bridgehead atoms. The summed E-state index contributed by atoms with van der Waals surface area (Å²) in [5.41, 5.74) is 1.72. The summed E-state index contributed by atoms with van der Waals surface area (Å²) in [6, 6.07) is 24.0. The number of thioether (sulfide) groups is 1. The lowest BCUT2D eigenvalue weighted by molar-refractivity contribution is -0.139. The summed E-state index contributed by atoms with van der Waals surface area (Å²) in [5, 5.41) is 4.06. The van der Waals surface area contributed by atoms with E-state index in [4.69, 9.17) is 23.2 Å². The number of nitrogens with one attached hydrogen (secondary N) is 1. The number of hydrogen-bond donors (Lipinski definition) is 1. The van der Waals surface area contributed by atoms with Gasteiger partial charge in [0, 0.05) is 33.9 Å². The second kappa shape index (κ2) is 13.6. The standard InChI is InChI=1S/C28H30Cl2N2O2S/c1-3-20(2)31-28(34)26(16-21-10-6-4-7-11-21)32(18-22-14-15-23(29)17-25(22)30)27(33)19-35-24-12-8-5-9-13-24/h4-15,17,20,26H,3,16,18-19H2,1-2H3,(H,31,34). The van der Waals surface area contributed by atoms with Crippen LogP contribution in [0, 0.1) is 0 Å². The van der Waals surface area contributed by atoms with Crippen LogP contribution < -0.4 is 5.32 Å². The molecular weight excluding hydrogens is 499 g/mol. The molecule has 3 aromatic carbocycles. The van der Waals surface area contributed by atoms with E-state index in [-0.39, 0.29) is 30.2 Å². The number of halogens is 2. The van der Waals surface area contributed by atoms with Crippen molar-refractivity contribution < 1.29 is 9.59 Å². The molecule has 35 heavy (non-hydrogen) atoms. The van der Waals surface area contributed by atoms with E-state index in [0.29, 0.717) is 16.5 Å². The Morgan fingerprint density at radius 3 is 2.26 bits per heavy atom. The van der Waals surface area contributed by atoms with Gasteiger partial charge in [-0.3, -0.25) is 9.59 Å². The quantitative estimate of drug-likeness (QED) is 0.283. The summed E-state index contributed by atoms with van der Waals surface area (Å²) in [6.45, 7) is 4.19. The van der Waals surface area contributed by atoms with E-state index in [1.54, 1.807) is 23.1 Å². The first-order valence-electron chi connectivity index (χ1n) is 11.6. The Morgan fingerprint density at radius 2 is 1.63 bits per heavy atom. The highest BCUT2D eigenvalue weighted by Gasteiger charge is 2.31. The summed E-state index contributed by atoms with van der Waals surface area (Å²) in [4.78, 5) is 29.8. The van der Waals surface area contributed by atoms with Gasteiger partial charge in [0.15, 0.2) is 0 Å².